The number of halogens is 1. The van der Waals surface area contributed by atoms with Crippen LogP contribution in [0.15, 0.2) is 17.2 Å². The van der Waals surface area contributed by atoms with Crippen LogP contribution in [0.2, 0.25) is 5.15 Å². The average molecular weight is 399 g/mol. The van der Waals surface area contributed by atoms with Gasteiger partial charge in [0.1, 0.15) is 10.2 Å². The van der Waals surface area contributed by atoms with Gasteiger partial charge < -0.3 is 5.32 Å². The van der Waals surface area contributed by atoms with Crippen LogP contribution in [0, 0.1) is 20.8 Å². The number of sulfonamides is 1. The fourth-order valence-corrected chi connectivity index (χ4v) is 5.27. The summed E-state index contributed by atoms with van der Waals surface area (Å²) in [7, 11) is -2.52. The summed E-state index contributed by atoms with van der Waals surface area (Å²) in [6.07, 6.45) is 1.12. The second-order valence-corrected chi connectivity index (χ2v) is 9.10. The molecule has 0 amide bonds. The lowest BCUT2D eigenvalue weighted by atomic mass is 10.1. The van der Waals surface area contributed by atoms with Crippen molar-refractivity contribution < 1.29 is 13.2 Å². The summed E-state index contributed by atoms with van der Waals surface area (Å²) in [5, 5.41) is 3.32. The van der Waals surface area contributed by atoms with Crippen molar-refractivity contribution in [1.82, 2.24) is 9.97 Å². The molecule has 10 heteroatoms. The van der Waals surface area contributed by atoms with Crippen LogP contribution < -0.4 is 9.62 Å². The van der Waals surface area contributed by atoms with Crippen molar-refractivity contribution in [3.05, 3.63) is 44.0 Å². The quantitative estimate of drug-likeness (QED) is 0.617. The standard InChI is InChI=1S/C15H15ClN4O3S2/c1-7-5-11(16)19-15(18-7)17-6-10-13(21)12-8(2)9(3)24-14(12)20(4)25(10,22)23/h5-6H,1-4H3,(H,17,18,19)/b10-6+. The molecule has 0 saturated heterocycles. The minimum absolute atomic E-state index is 0.118. The first kappa shape index (κ1) is 17.8. The van der Waals surface area contributed by atoms with Crippen LogP contribution >= 0.6 is 22.9 Å². The Bertz CT molecular complexity index is 1010. The lowest BCUT2D eigenvalue weighted by Gasteiger charge is -2.25. The first-order valence-electron chi connectivity index (χ1n) is 7.24. The predicted molar refractivity (Wildman–Crippen MR) is 98.9 cm³/mol. The number of fused-ring (bicyclic) bond motifs is 1. The maximum absolute atomic E-state index is 12.8. The molecule has 0 spiro atoms. The summed E-state index contributed by atoms with van der Waals surface area (Å²) in [4.78, 5) is 21.4. The lowest BCUT2D eigenvalue weighted by Crippen LogP contribution is -2.36. The number of Topliss-reactive ketones (excluding diaryl/α,β-unsaturated/α-hetero) is 1. The Morgan fingerprint density at radius 2 is 1.96 bits per heavy atom. The third kappa shape index (κ3) is 2.92. The van der Waals surface area contributed by atoms with Gasteiger partial charge >= 0.3 is 0 Å². The Kier molecular flexibility index (Phi) is 4.34. The Labute approximate surface area is 154 Å². The molecule has 0 aromatic carbocycles. The van der Waals surface area contributed by atoms with E-state index in [1.165, 1.54) is 18.4 Å². The predicted octanol–water partition coefficient (Wildman–Crippen LogP) is 3.03. The van der Waals surface area contributed by atoms with Crippen molar-refractivity contribution >= 4 is 49.7 Å². The minimum atomic E-state index is -3.95. The number of anilines is 2. The third-order valence-electron chi connectivity index (χ3n) is 3.90. The van der Waals surface area contributed by atoms with E-state index in [2.05, 4.69) is 15.3 Å². The van der Waals surface area contributed by atoms with Crippen LogP contribution in [0.1, 0.15) is 26.5 Å². The van der Waals surface area contributed by atoms with Gasteiger partial charge in [-0.15, -0.1) is 11.3 Å². The maximum atomic E-state index is 12.8. The number of rotatable bonds is 2. The third-order valence-corrected chi connectivity index (χ3v) is 7.25. The normalized spacial score (nSPS) is 17.7. The van der Waals surface area contributed by atoms with Crippen molar-refractivity contribution in [2.24, 2.45) is 0 Å². The molecular weight excluding hydrogens is 384 g/mol. The summed E-state index contributed by atoms with van der Waals surface area (Å²) in [6, 6.07) is 1.57. The van der Waals surface area contributed by atoms with E-state index in [0.29, 0.717) is 16.3 Å². The summed E-state index contributed by atoms with van der Waals surface area (Å²) >= 11 is 7.15. The summed E-state index contributed by atoms with van der Waals surface area (Å²) in [6.45, 7) is 5.39. The van der Waals surface area contributed by atoms with Gasteiger partial charge in [0.2, 0.25) is 11.7 Å². The number of aryl methyl sites for hydroxylation is 2. The SMILES string of the molecule is Cc1cc(Cl)nc(N/C=C2\C(=O)c3c(sc(C)c3C)N(C)S2(=O)=O)n1. The molecule has 3 rings (SSSR count). The van der Waals surface area contributed by atoms with Gasteiger partial charge in [0.15, 0.2) is 4.91 Å². The lowest BCUT2D eigenvalue weighted by molar-refractivity contribution is 0.104. The number of hydrogen-bond acceptors (Lipinski definition) is 7. The number of carbonyl (C=O) groups excluding carboxylic acids is 1. The second-order valence-electron chi connectivity index (χ2n) is 5.57. The molecule has 3 heterocycles. The second kappa shape index (κ2) is 6.08. The minimum Gasteiger partial charge on any atom is -0.329 e. The molecule has 1 aliphatic rings. The van der Waals surface area contributed by atoms with E-state index in [4.69, 9.17) is 11.6 Å². The zero-order chi connectivity index (χ0) is 18.5. The number of aromatic nitrogens is 2. The van der Waals surface area contributed by atoms with E-state index < -0.39 is 15.8 Å². The van der Waals surface area contributed by atoms with Gasteiger partial charge in [-0.05, 0) is 32.4 Å². The molecule has 1 aliphatic heterocycles. The highest BCUT2D eigenvalue weighted by Crippen LogP contribution is 2.42. The molecular formula is C15H15ClN4O3S2. The van der Waals surface area contributed by atoms with Crippen LogP contribution in [-0.2, 0) is 10.0 Å². The van der Waals surface area contributed by atoms with Crippen LogP contribution in [-0.4, -0.2) is 31.2 Å². The van der Waals surface area contributed by atoms with Crippen molar-refractivity contribution in [2.45, 2.75) is 20.8 Å². The Balaban J connectivity index is 2.09. The fraction of sp³-hybridized carbons (Fsp3) is 0.267. The molecule has 0 radical (unpaired) electrons. The van der Waals surface area contributed by atoms with Crippen LogP contribution in [0.4, 0.5) is 10.9 Å². The van der Waals surface area contributed by atoms with Crippen LogP contribution in [0.3, 0.4) is 0 Å². The molecule has 0 bridgehead atoms. The smallest absolute Gasteiger partial charge is 0.270 e. The topological polar surface area (TPSA) is 92.3 Å². The van der Waals surface area contributed by atoms with Gasteiger partial charge in [0.05, 0.1) is 5.56 Å². The van der Waals surface area contributed by atoms with Gasteiger partial charge in [-0.2, -0.15) is 0 Å². The van der Waals surface area contributed by atoms with E-state index in [1.807, 2.05) is 13.8 Å². The highest BCUT2D eigenvalue weighted by atomic mass is 35.5. The largest absolute Gasteiger partial charge is 0.329 e. The zero-order valence-corrected chi connectivity index (χ0v) is 16.3. The molecule has 0 fully saturated rings. The Morgan fingerprint density at radius 1 is 1.28 bits per heavy atom. The van der Waals surface area contributed by atoms with E-state index in [-0.39, 0.29) is 16.0 Å². The molecule has 2 aromatic rings. The molecule has 7 nitrogen and oxygen atoms in total. The monoisotopic (exact) mass is 398 g/mol. The maximum Gasteiger partial charge on any atom is 0.270 e. The van der Waals surface area contributed by atoms with E-state index >= 15 is 0 Å². The zero-order valence-electron chi connectivity index (χ0n) is 13.9. The van der Waals surface area contributed by atoms with Crippen LogP contribution in [0.25, 0.3) is 0 Å². The number of allylic oxidation sites excluding steroid dienone is 1. The summed E-state index contributed by atoms with van der Waals surface area (Å²) < 4.78 is 26.5. The average Bonchev–Trinajstić information content (AvgIpc) is 2.80. The van der Waals surface area contributed by atoms with E-state index in [0.717, 1.165) is 20.9 Å². The van der Waals surface area contributed by atoms with Gasteiger partial charge in [-0.1, -0.05) is 11.6 Å². The number of nitrogens with one attached hydrogen (secondary N) is 1. The van der Waals surface area contributed by atoms with Gasteiger partial charge in [-0.3, -0.25) is 9.10 Å². The molecule has 1 N–H and O–H groups in total. The van der Waals surface area contributed by atoms with Crippen molar-refractivity contribution in [1.29, 1.82) is 0 Å². The van der Waals surface area contributed by atoms with Crippen molar-refractivity contribution in [2.75, 3.05) is 16.7 Å². The van der Waals surface area contributed by atoms with Gasteiger partial charge in [0, 0.05) is 23.8 Å². The number of ketones is 1. The molecule has 0 saturated carbocycles. The van der Waals surface area contributed by atoms with Crippen molar-refractivity contribution in [3.63, 3.8) is 0 Å². The summed E-state index contributed by atoms with van der Waals surface area (Å²) in [5.41, 5.74) is 1.81. The molecule has 0 atom stereocenters. The number of nitrogens with zero attached hydrogens (tertiary/aromatic N) is 3. The van der Waals surface area contributed by atoms with Gasteiger partial charge in [-0.25, -0.2) is 18.4 Å². The Morgan fingerprint density at radius 3 is 2.60 bits per heavy atom. The highest BCUT2D eigenvalue weighted by molar-refractivity contribution is 7.98. The van der Waals surface area contributed by atoms with E-state index in [9.17, 15) is 13.2 Å². The van der Waals surface area contributed by atoms with E-state index in [1.54, 1.807) is 13.0 Å². The number of carbonyl (C=O) groups is 1. The number of hydrogen-bond donors (Lipinski definition) is 1. The first-order chi connectivity index (χ1) is 11.6. The van der Waals surface area contributed by atoms with Gasteiger partial charge in [0.25, 0.3) is 10.0 Å². The molecule has 0 aliphatic carbocycles. The first-order valence-corrected chi connectivity index (χ1v) is 9.88. The molecule has 132 valence electrons. The van der Waals surface area contributed by atoms with Crippen molar-refractivity contribution in [3.8, 4) is 0 Å². The molecule has 2 aromatic heterocycles. The fourth-order valence-electron chi connectivity index (χ4n) is 2.46. The highest BCUT2D eigenvalue weighted by Gasteiger charge is 2.41. The molecule has 25 heavy (non-hydrogen) atoms. The molecule has 0 unspecified atom stereocenters. The Hall–Kier alpha value is -1.97. The van der Waals surface area contributed by atoms with Crippen LogP contribution in [0.5, 0.6) is 0 Å². The number of thiophene rings is 1. The summed E-state index contributed by atoms with van der Waals surface area (Å²) in [5.74, 6) is -0.423.